The number of nitrogens with two attached hydrogens (primary N) is 1. The molecule has 134 valence electrons. The minimum atomic E-state index is -0.0361. The molecule has 2 unspecified atom stereocenters. The van der Waals surface area contributed by atoms with Gasteiger partial charge in [0.2, 0.25) is 5.91 Å². The van der Waals surface area contributed by atoms with Gasteiger partial charge in [-0.05, 0) is 37.6 Å². The van der Waals surface area contributed by atoms with Gasteiger partial charge in [0.25, 0.3) is 0 Å². The Balaban J connectivity index is 1.60. The molecule has 0 radical (unpaired) electrons. The molecular weight excluding hydrogens is 316 g/mol. The summed E-state index contributed by atoms with van der Waals surface area (Å²) in [6.07, 6.45) is 0.448. The van der Waals surface area contributed by atoms with E-state index in [1.54, 1.807) is 7.11 Å². The van der Waals surface area contributed by atoms with E-state index in [1.807, 2.05) is 53.8 Å². The molecule has 6 nitrogen and oxygen atoms in total. The van der Waals surface area contributed by atoms with E-state index in [4.69, 9.17) is 10.5 Å². The zero-order valence-corrected chi connectivity index (χ0v) is 15.1. The summed E-state index contributed by atoms with van der Waals surface area (Å²) in [7, 11) is 1.65. The fourth-order valence-corrected chi connectivity index (χ4v) is 3.50. The lowest BCUT2D eigenvalue weighted by Gasteiger charge is -2.17. The first-order valence-electron chi connectivity index (χ1n) is 8.66. The lowest BCUT2D eigenvalue weighted by Crippen LogP contribution is -2.32. The summed E-state index contributed by atoms with van der Waals surface area (Å²) in [6.45, 7) is 5.85. The molecule has 1 saturated heterocycles. The fourth-order valence-electron chi connectivity index (χ4n) is 3.50. The van der Waals surface area contributed by atoms with Gasteiger partial charge in [0.15, 0.2) is 0 Å². The molecular formula is C19H26N4O2. The second-order valence-electron chi connectivity index (χ2n) is 6.74. The molecule has 0 spiro atoms. The number of carbonyl (C=O) groups excluding carboxylic acids is 1. The molecule has 0 bridgehead atoms. The smallest absolute Gasteiger partial charge is 0.224 e. The van der Waals surface area contributed by atoms with Crippen molar-refractivity contribution in [1.29, 1.82) is 0 Å². The second kappa shape index (κ2) is 7.27. The summed E-state index contributed by atoms with van der Waals surface area (Å²) in [5.41, 5.74) is 9.52. The van der Waals surface area contributed by atoms with Crippen molar-refractivity contribution in [3.05, 3.63) is 47.3 Å². The summed E-state index contributed by atoms with van der Waals surface area (Å²) >= 11 is 0. The van der Waals surface area contributed by atoms with Crippen LogP contribution in [0.25, 0.3) is 0 Å². The molecule has 2 aromatic rings. The van der Waals surface area contributed by atoms with Crippen molar-refractivity contribution in [3.8, 4) is 5.75 Å². The van der Waals surface area contributed by atoms with E-state index in [0.717, 1.165) is 22.7 Å². The van der Waals surface area contributed by atoms with Crippen LogP contribution in [0, 0.1) is 13.8 Å². The van der Waals surface area contributed by atoms with Crippen LogP contribution < -0.4 is 10.5 Å². The number of benzene rings is 1. The molecule has 2 N–H and O–H groups in total. The molecule has 1 aliphatic heterocycles. The third kappa shape index (κ3) is 3.85. The summed E-state index contributed by atoms with van der Waals surface area (Å²) in [5, 5.41) is 4.41. The number of likely N-dealkylation sites (tertiary alicyclic amines) is 1. The van der Waals surface area contributed by atoms with Crippen molar-refractivity contribution in [2.24, 2.45) is 5.73 Å². The Morgan fingerprint density at radius 3 is 2.60 bits per heavy atom. The Bertz CT molecular complexity index is 738. The monoisotopic (exact) mass is 342 g/mol. The van der Waals surface area contributed by atoms with Gasteiger partial charge in [-0.25, -0.2) is 0 Å². The number of ether oxygens (including phenoxy) is 1. The zero-order valence-electron chi connectivity index (χ0n) is 15.1. The predicted octanol–water partition coefficient (Wildman–Crippen LogP) is 1.85. The zero-order chi connectivity index (χ0) is 18.0. The maximum Gasteiger partial charge on any atom is 0.224 e. The molecule has 1 aromatic heterocycles. The highest BCUT2D eigenvalue weighted by molar-refractivity contribution is 5.76. The number of aromatic nitrogens is 2. The van der Waals surface area contributed by atoms with E-state index >= 15 is 0 Å². The molecule has 1 amide bonds. The Kier molecular flexibility index (Phi) is 5.08. The van der Waals surface area contributed by atoms with E-state index in [9.17, 15) is 4.79 Å². The molecule has 1 aliphatic rings. The molecule has 2 atom stereocenters. The van der Waals surface area contributed by atoms with Crippen molar-refractivity contribution in [2.45, 2.75) is 38.8 Å². The van der Waals surface area contributed by atoms with E-state index in [-0.39, 0.29) is 17.9 Å². The van der Waals surface area contributed by atoms with Crippen LogP contribution in [-0.4, -0.2) is 46.8 Å². The maximum absolute atomic E-state index is 12.6. The first-order chi connectivity index (χ1) is 12.0. The van der Waals surface area contributed by atoms with Gasteiger partial charge in [-0.1, -0.05) is 12.1 Å². The predicted molar refractivity (Wildman–Crippen MR) is 96.6 cm³/mol. The summed E-state index contributed by atoms with van der Waals surface area (Å²) < 4.78 is 7.09. The molecule has 3 rings (SSSR count). The van der Waals surface area contributed by atoms with Crippen LogP contribution in [0.1, 0.15) is 29.3 Å². The first-order valence-corrected chi connectivity index (χ1v) is 8.66. The van der Waals surface area contributed by atoms with Crippen LogP contribution in [-0.2, 0) is 11.3 Å². The number of hydrogen-bond acceptors (Lipinski definition) is 4. The lowest BCUT2D eigenvalue weighted by molar-refractivity contribution is -0.130. The average Bonchev–Trinajstić information content (AvgIpc) is 3.14. The van der Waals surface area contributed by atoms with E-state index in [2.05, 4.69) is 5.10 Å². The Labute approximate surface area is 148 Å². The topological polar surface area (TPSA) is 73.4 Å². The first kappa shape index (κ1) is 17.5. The quantitative estimate of drug-likeness (QED) is 0.900. The second-order valence-corrected chi connectivity index (χ2v) is 6.74. The fraction of sp³-hybridized carbons (Fsp3) is 0.474. The molecule has 0 aliphatic carbocycles. The number of nitrogens with zero attached hydrogens (tertiary/aromatic N) is 3. The van der Waals surface area contributed by atoms with Crippen molar-refractivity contribution < 1.29 is 9.53 Å². The van der Waals surface area contributed by atoms with Crippen LogP contribution in [0.5, 0.6) is 5.75 Å². The minimum Gasteiger partial charge on any atom is -0.497 e. The van der Waals surface area contributed by atoms with Crippen molar-refractivity contribution >= 4 is 5.91 Å². The summed E-state index contributed by atoms with van der Waals surface area (Å²) in [4.78, 5) is 14.4. The number of aryl methyl sites for hydroxylation is 3. The van der Waals surface area contributed by atoms with Gasteiger partial charge in [-0.3, -0.25) is 9.48 Å². The van der Waals surface area contributed by atoms with Gasteiger partial charge < -0.3 is 15.4 Å². The highest BCUT2D eigenvalue weighted by Gasteiger charge is 2.33. The van der Waals surface area contributed by atoms with E-state index in [1.165, 1.54) is 0 Å². The Morgan fingerprint density at radius 2 is 2.00 bits per heavy atom. The van der Waals surface area contributed by atoms with Crippen LogP contribution in [0.15, 0.2) is 30.3 Å². The maximum atomic E-state index is 12.6. The average molecular weight is 342 g/mol. The normalized spacial score (nSPS) is 20.1. The number of methoxy groups -OCH3 is 1. The van der Waals surface area contributed by atoms with Gasteiger partial charge in [-0.2, -0.15) is 5.10 Å². The van der Waals surface area contributed by atoms with Gasteiger partial charge >= 0.3 is 0 Å². The molecule has 1 fully saturated rings. The number of amides is 1. The number of rotatable bonds is 5. The SMILES string of the molecule is COc1ccc(C2CN(C(=O)CCn3nc(C)cc3C)CC2N)cc1. The van der Waals surface area contributed by atoms with E-state index in [0.29, 0.717) is 26.1 Å². The minimum absolute atomic E-state index is 0.0361. The molecule has 0 saturated carbocycles. The molecule has 2 heterocycles. The van der Waals surface area contributed by atoms with Crippen LogP contribution in [0.2, 0.25) is 0 Å². The highest BCUT2D eigenvalue weighted by atomic mass is 16.5. The lowest BCUT2D eigenvalue weighted by atomic mass is 9.95. The summed E-state index contributed by atoms with van der Waals surface area (Å²) in [6, 6.07) is 9.94. The number of carbonyl (C=O) groups is 1. The number of hydrogen-bond donors (Lipinski definition) is 1. The van der Waals surface area contributed by atoms with Crippen LogP contribution in [0.3, 0.4) is 0 Å². The van der Waals surface area contributed by atoms with Gasteiger partial charge in [-0.15, -0.1) is 0 Å². The Hall–Kier alpha value is -2.34. The molecule has 6 heteroatoms. The standard InChI is InChI=1S/C19H26N4O2/c1-13-10-14(2)23(21-13)9-8-19(24)22-11-17(18(20)12-22)15-4-6-16(25-3)7-5-15/h4-7,10,17-18H,8-9,11-12,20H2,1-3H3. The molecule has 25 heavy (non-hydrogen) atoms. The van der Waals surface area contributed by atoms with Gasteiger partial charge in [0.05, 0.1) is 12.8 Å². The van der Waals surface area contributed by atoms with Gasteiger partial charge in [0, 0.05) is 43.7 Å². The van der Waals surface area contributed by atoms with Crippen LogP contribution in [0.4, 0.5) is 0 Å². The molecule has 1 aromatic carbocycles. The van der Waals surface area contributed by atoms with E-state index < -0.39 is 0 Å². The van der Waals surface area contributed by atoms with Crippen molar-refractivity contribution in [3.63, 3.8) is 0 Å². The Morgan fingerprint density at radius 1 is 1.28 bits per heavy atom. The van der Waals surface area contributed by atoms with Crippen molar-refractivity contribution in [1.82, 2.24) is 14.7 Å². The van der Waals surface area contributed by atoms with Crippen molar-refractivity contribution in [2.75, 3.05) is 20.2 Å². The third-order valence-electron chi connectivity index (χ3n) is 4.90. The third-order valence-corrected chi connectivity index (χ3v) is 4.90. The van der Waals surface area contributed by atoms with Crippen LogP contribution >= 0.6 is 0 Å². The van der Waals surface area contributed by atoms with Gasteiger partial charge in [0.1, 0.15) is 5.75 Å². The highest BCUT2D eigenvalue weighted by Crippen LogP contribution is 2.28. The summed E-state index contributed by atoms with van der Waals surface area (Å²) in [5.74, 6) is 1.13. The largest absolute Gasteiger partial charge is 0.497 e.